The van der Waals surface area contributed by atoms with Crippen molar-refractivity contribution in [3.63, 3.8) is 0 Å². The van der Waals surface area contributed by atoms with Gasteiger partial charge in [-0.25, -0.2) is 0 Å². The molecule has 3 aromatic rings. The Kier molecular flexibility index (Phi) is 5.27. The number of hydrogen-bond donors (Lipinski definition) is 0. The van der Waals surface area contributed by atoms with E-state index >= 15 is 0 Å². The Balaban J connectivity index is 0.00000147. The van der Waals surface area contributed by atoms with Crippen molar-refractivity contribution in [2.24, 2.45) is 0 Å². The Labute approximate surface area is 138 Å². The van der Waals surface area contributed by atoms with Gasteiger partial charge in [0, 0.05) is 19.5 Å². The van der Waals surface area contributed by atoms with Crippen LogP contribution in [0.2, 0.25) is 0 Å². The van der Waals surface area contributed by atoms with Crippen molar-refractivity contribution in [2.75, 3.05) is 6.66 Å². The van der Waals surface area contributed by atoms with Gasteiger partial charge in [-0.2, -0.15) is 0 Å². The second kappa shape index (κ2) is 6.77. The Morgan fingerprint density at radius 2 is 1.20 bits per heavy atom. The third-order valence-electron chi connectivity index (χ3n) is 3.49. The summed E-state index contributed by atoms with van der Waals surface area (Å²) in [6, 6.07) is 26.2. The Hall–Kier alpha value is -0.807. The maximum Gasteiger partial charge on any atom is 0.156 e. The summed E-state index contributed by atoms with van der Waals surface area (Å²) in [5.74, 6) is 0. The normalized spacial score (nSPS) is 10.8. The van der Waals surface area contributed by atoms with Crippen LogP contribution in [-0.4, -0.2) is 6.66 Å². The zero-order chi connectivity index (χ0) is 13.1. The molecule has 0 fully saturated rings. The van der Waals surface area contributed by atoms with Gasteiger partial charge in [0.25, 0.3) is 0 Å². The van der Waals surface area contributed by atoms with Gasteiger partial charge in [0.15, 0.2) is 4.62 Å². The zero-order valence-electron chi connectivity index (χ0n) is 11.2. The van der Waals surface area contributed by atoms with Gasteiger partial charge in [0.1, 0.15) is 17.9 Å². The Bertz CT molecular complexity index is 596. The number of hydrogen-bond acceptors (Lipinski definition) is 1. The van der Waals surface area contributed by atoms with E-state index in [-0.39, 0.29) is 19.5 Å². The second-order valence-corrected chi connectivity index (χ2v) is 9.41. The molecule has 0 aliphatic rings. The first-order chi connectivity index (χ1) is 9.32. The van der Waals surface area contributed by atoms with E-state index in [1.54, 1.807) is 0 Å². The molecule has 0 amide bonds. The molecule has 1 aromatic heterocycles. The fourth-order valence-electron chi connectivity index (χ4n) is 2.38. The first-order valence-corrected chi connectivity index (χ1v) is 9.45. The molecule has 0 unspecified atom stereocenters. The molecule has 2 aromatic carbocycles. The van der Waals surface area contributed by atoms with Crippen molar-refractivity contribution in [3.05, 3.63) is 78.2 Å². The molecule has 20 heavy (non-hydrogen) atoms. The predicted molar refractivity (Wildman–Crippen MR) is 88.9 cm³/mol. The molecule has 0 atom stereocenters. The minimum Gasteiger partial charge on any atom is -0.107 e. The third kappa shape index (κ3) is 2.79. The molecule has 1 radical (unpaired) electrons. The fourth-order valence-corrected chi connectivity index (χ4v) is 7.22. The van der Waals surface area contributed by atoms with E-state index in [0.717, 1.165) is 0 Å². The standard InChI is InChI=1S/C17H16PS.Rh/c1-18(17-13-8-14-19-17,15-9-4-2-5-10-15)16-11-6-3-7-12-16;/h2-14H,1H3;/q+1;. The van der Waals surface area contributed by atoms with Gasteiger partial charge >= 0.3 is 0 Å². The van der Waals surface area contributed by atoms with Crippen LogP contribution in [-0.2, 0) is 19.5 Å². The van der Waals surface area contributed by atoms with Crippen molar-refractivity contribution in [1.29, 1.82) is 0 Å². The van der Waals surface area contributed by atoms with Gasteiger partial charge in [0.05, 0.1) is 6.66 Å². The molecular formula is C17H16PRhS+. The molecule has 0 saturated carbocycles. The van der Waals surface area contributed by atoms with Gasteiger partial charge in [-0.05, 0) is 41.8 Å². The van der Waals surface area contributed by atoms with Gasteiger partial charge in [-0.3, -0.25) is 0 Å². The number of rotatable bonds is 3. The maximum atomic E-state index is 2.42. The summed E-state index contributed by atoms with van der Waals surface area (Å²) < 4.78 is 1.49. The molecule has 0 N–H and O–H groups in total. The van der Waals surface area contributed by atoms with E-state index in [9.17, 15) is 0 Å². The van der Waals surface area contributed by atoms with E-state index in [0.29, 0.717) is 0 Å². The topological polar surface area (TPSA) is 0 Å². The summed E-state index contributed by atoms with van der Waals surface area (Å²) in [4.78, 5) is 0. The van der Waals surface area contributed by atoms with Gasteiger partial charge in [-0.1, -0.05) is 36.4 Å². The van der Waals surface area contributed by atoms with Gasteiger partial charge < -0.3 is 0 Å². The molecule has 0 aliphatic heterocycles. The average molecular weight is 386 g/mol. The monoisotopic (exact) mass is 386 g/mol. The minimum atomic E-state index is -1.46. The van der Waals surface area contributed by atoms with Crippen LogP contribution in [0, 0.1) is 0 Å². The van der Waals surface area contributed by atoms with Crippen molar-refractivity contribution in [1.82, 2.24) is 0 Å². The Morgan fingerprint density at radius 1 is 0.700 bits per heavy atom. The average Bonchev–Trinajstić information content (AvgIpc) is 3.03. The molecule has 0 aliphatic carbocycles. The van der Waals surface area contributed by atoms with Crippen LogP contribution in [0.25, 0.3) is 0 Å². The summed E-state index contributed by atoms with van der Waals surface area (Å²) in [5.41, 5.74) is 0. The van der Waals surface area contributed by atoms with E-state index in [1.165, 1.54) is 15.2 Å². The van der Waals surface area contributed by atoms with Gasteiger partial charge in [0.2, 0.25) is 0 Å². The number of benzene rings is 2. The van der Waals surface area contributed by atoms with Crippen molar-refractivity contribution >= 4 is 33.8 Å². The largest absolute Gasteiger partial charge is 0.156 e. The summed E-state index contributed by atoms with van der Waals surface area (Å²) in [6.07, 6.45) is 0. The van der Waals surface area contributed by atoms with Crippen LogP contribution in [0.15, 0.2) is 78.2 Å². The van der Waals surface area contributed by atoms with Crippen molar-refractivity contribution in [2.45, 2.75) is 0 Å². The first kappa shape index (κ1) is 15.6. The molecule has 0 bridgehead atoms. The molecule has 103 valence electrons. The van der Waals surface area contributed by atoms with Crippen molar-refractivity contribution < 1.29 is 19.5 Å². The molecule has 1 heterocycles. The van der Waals surface area contributed by atoms with E-state index in [2.05, 4.69) is 84.8 Å². The van der Waals surface area contributed by atoms with Gasteiger partial charge in [-0.15, -0.1) is 11.3 Å². The summed E-state index contributed by atoms with van der Waals surface area (Å²) in [5, 5.41) is 5.08. The molecular weight excluding hydrogens is 370 g/mol. The van der Waals surface area contributed by atoms with Crippen LogP contribution in [0.4, 0.5) is 0 Å². The first-order valence-electron chi connectivity index (χ1n) is 6.33. The zero-order valence-corrected chi connectivity index (χ0v) is 14.5. The summed E-state index contributed by atoms with van der Waals surface area (Å²) >= 11 is 1.87. The van der Waals surface area contributed by atoms with E-state index < -0.39 is 7.26 Å². The molecule has 0 spiro atoms. The number of thiophene rings is 1. The van der Waals surface area contributed by atoms with Crippen LogP contribution in [0.1, 0.15) is 0 Å². The molecule has 0 nitrogen and oxygen atoms in total. The molecule has 3 rings (SSSR count). The van der Waals surface area contributed by atoms with Crippen LogP contribution >= 0.6 is 18.6 Å². The van der Waals surface area contributed by atoms with Crippen LogP contribution in [0.3, 0.4) is 0 Å². The third-order valence-corrected chi connectivity index (χ3v) is 9.27. The molecule has 3 heteroatoms. The van der Waals surface area contributed by atoms with E-state index in [1.807, 2.05) is 11.3 Å². The quantitative estimate of drug-likeness (QED) is 0.476. The summed E-state index contributed by atoms with van der Waals surface area (Å²) in [6.45, 7) is 2.42. The summed E-state index contributed by atoms with van der Waals surface area (Å²) in [7, 11) is -1.46. The van der Waals surface area contributed by atoms with Crippen molar-refractivity contribution in [3.8, 4) is 0 Å². The SMILES string of the molecule is C[P+](c1ccccc1)(c1ccccc1)c1cccs1.[Rh]. The smallest absolute Gasteiger partial charge is 0.107 e. The minimum absolute atomic E-state index is 0. The maximum absolute atomic E-state index is 2.42. The Morgan fingerprint density at radius 3 is 1.60 bits per heavy atom. The second-order valence-electron chi connectivity index (χ2n) is 4.63. The fraction of sp³-hybridized carbons (Fsp3) is 0.0588. The molecule has 0 saturated heterocycles. The predicted octanol–water partition coefficient (Wildman–Crippen LogP) is 3.67. The van der Waals surface area contributed by atoms with Crippen LogP contribution in [0.5, 0.6) is 0 Å². The van der Waals surface area contributed by atoms with E-state index in [4.69, 9.17) is 0 Å². The van der Waals surface area contributed by atoms with Crippen LogP contribution < -0.4 is 15.2 Å².